The van der Waals surface area contributed by atoms with Crippen molar-refractivity contribution < 1.29 is 9.53 Å². The molecule has 0 unspecified atom stereocenters. The molecule has 8 heteroatoms. The number of ketones is 1. The highest BCUT2D eigenvalue weighted by Gasteiger charge is 2.22. The van der Waals surface area contributed by atoms with E-state index in [1.54, 1.807) is 12.4 Å². The molecule has 0 spiro atoms. The molecule has 0 aromatic carbocycles. The summed E-state index contributed by atoms with van der Waals surface area (Å²) in [5, 5.41) is 3.20. The summed E-state index contributed by atoms with van der Waals surface area (Å²) in [5.41, 5.74) is 8.56. The van der Waals surface area contributed by atoms with Crippen LogP contribution in [0.3, 0.4) is 0 Å². The molecule has 3 heterocycles. The van der Waals surface area contributed by atoms with E-state index in [4.69, 9.17) is 10.5 Å². The monoisotopic (exact) mass is 390 g/mol. The van der Waals surface area contributed by atoms with Gasteiger partial charge >= 0.3 is 0 Å². The average molecular weight is 390 g/mol. The second-order valence-corrected chi connectivity index (χ2v) is 7.04. The number of hydrogen-bond donors (Lipinski definition) is 2. The van der Waals surface area contributed by atoms with Crippen LogP contribution in [0.4, 0.5) is 11.5 Å². The summed E-state index contributed by atoms with van der Waals surface area (Å²) in [6.07, 6.45) is 8.95. The van der Waals surface area contributed by atoms with Crippen molar-refractivity contribution in [2.24, 2.45) is 5.92 Å². The number of nitrogen functional groups attached to an aromatic ring is 1. The molecule has 4 rings (SSSR count). The number of carbonyl (C=O) groups is 1. The van der Waals surface area contributed by atoms with E-state index in [2.05, 4.69) is 25.3 Å². The zero-order valence-electron chi connectivity index (χ0n) is 15.9. The van der Waals surface area contributed by atoms with E-state index >= 15 is 0 Å². The Morgan fingerprint density at radius 2 is 2.03 bits per heavy atom. The first kappa shape index (κ1) is 18.8. The Kier molecular flexibility index (Phi) is 5.60. The van der Waals surface area contributed by atoms with Crippen LogP contribution in [0.25, 0.3) is 0 Å². The van der Waals surface area contributed by atoms with Gasteiger partial charge in [-0.05, 0) is 48.6 Å². The van der Waals surface area contributed by atoms with Gasteiger partial charge in [-0.15, -0.1) is 0 Å². The van der Waals surface area contributed by atoms with Crippen LogP contribution in [0.2, 0.25) is 0 Å². The Labute approximate surface area is 168 Å². The summed E-state index contributed by atoms with van der Waals surface area (Å²) in [7, 11) is 0. The number of carbonyl (C=O) groups excluding carboxylic acids is 1. The Morgan fingerprint density at radius 3 is 2.79 bits per heavy atom. The normalized spacial score (nSPS) is 13.1. The first-order chi connectivity index (χ1) is 14.2. The standard InChI is InChI=1S/C21H22N6O2/c22-21-17(2-1-6-24-21)25-10-16-8-15(5-7-23-16)9-19(28)18-11-27-20(12-26-18)29-13-14-3-4-14/h1-2,5-8,11-12,14,25H,3-4,9-10,13H2,(H2,22,24). The lowest BCUT2D eigenvalue weighted by molar-refractivity contribution is 0.0987. The molecule has 0 radical (unpaired) electrons. The van der Waals surface area contributed by atoms with Crippen LogP contribution in [0.5, 0.6) is 5.88 Å². The molecular formula is C21H22N6O2. The van der Waals surface area contributed by atoms with E-state index in [9.17, 15) is 4.79 Å². The molecule has 1 fully saturated rings. The number of pyridine rings is 2. The molecule has 3 aromatic rings. The summed E-state index contributed by atoms with van der Waals surface area (Å²) >= 11 is 0. The fourth-order valence-electron chi connectivity index (χ4n) is 2.79. The van der Waals surface area contributed by atoms with E-state index in [1.807, 2.05) is 24.3 Å². The van der Waals surface area contributed by atoms with Crippen LogP contribution < -0.4 is 15.8 Å². The van der Waals surface area contributed by atoms with Crippen molar-refractivity contribution in [3.63, 3.8) is 0 Å². The molecule has 1 aliphatic carbocycles. The van der Waals surface area contributed by atoms with Gasteiger partial charge in [0.1, 0.15) is 11.5 Å². The largest absolute Gasteiger partial charge is 0.476 e. The first-order valence-corrected chi connectivity index (χ1v) is 9.53. The molecule has 8 nitrogen and oxygen atoms in total. The van der Waals surface area contributed by atoms with Crippen molar-refractivity contribution >= 4 is 17.3 Å². The summed E-state index contributed by atoms with van der Waals surface area (Å²) in [5.74, 6) is 1.43. The molecule has 0 amide bonds. The minimum absolute atomic E-state index is 0.104. The lowest BCUT2D eigenvalue weighted by atomic mass is 10.1. The summed E-state index contributed by atoms with van der Waals surface area (Å²) in [6.45, 7) is 1.14. The van der Waals surface area contributed by atoms with Gasteiger partial charge in [-0.1, -0.05) is 0 Å². The van der Waals surface area contributed by atoms with Crippen molar-refractivity contribution in [2.75, 3.05) is 17.7 Å². The SMILES string of the molecule is Nc1ncccc1NCc1cc(CC(=O)c2cnc(OCC3CC3)cn2)ccn1. The lowest BCUT2D eigenvalue weighted by Gasteiger charge is -2.09. The van der Waals surface area contributed by atoms with Crippen LogP contribution in [-0.2, 0) is 13.0 Å². The Hall–Kier alpha value is -3.55. The predicted octanol–water partition coefficient (Wildman–Crippen LogP) is 2.68. The van der Waals surface area contributed by atoms with Gasteiger partial charge in [0, 0.05) is 18.8 Å². The third-order valence-corrected chi connectivity index (χ3v) is 4.62. The number of nitrogens with one attached hydrogen (secondary N) is 1. The van der Waals surface area contributed by atoms with Gasteiger partial charge in [0.2, 0.25) is 5.88 Å². The third-order valence-electron chi connectivity index (χ3n) is 4.62. The minimum Gasteiger partial charge on any atom is -0.476 e. The lowest BCUT2D eigenvalue weighted by Crippen LogP contribution is -2.09. The van der Waals surface area contributed by atoms with Crippen molar-refractivity contribution in [3.8, 4) is 5.88 Å². The number of rotatable bonds is 9. The van der Waals surface area contributed by atoms with E-state index < -0.39 is 0 Å². The number of anilines is 2. The molecular weight excluding hydrogens is 368 g/mol. The molecule has 3 aromatic heterocycles. The van der Waals surface area contributed by atoms with Crippen LogP contribution in [0, 0.1) is 5.92 Å². The zero-order valence-corrected chi connectivity index (χ0v) is 15.9. The van der Waals surface area contributed by atoms with Gasteiger partial charge in [0.05, 0.1) is 36.9 Å². The molecule has 0 atom stereocenters. The fraction of sp³-hybridized carbons (Fsp3) is 0.286. The molecule has 1 saturated carbocycles. The van der Waals surface area contributed by atoms with Crippen LogP contribution in [-0.4, -0.2) is 32.3 Å². The number of nitrogens with zero attached hydrogens (tertiary/aromatic N) is 4. The second kappa shape index (κ2) is 8.64. The van der Waals surface area contributed by atoms with Crippen LogP contribution in [0.1, 0.15) is 34.6 Å². The molecule has 0 saturated heterocycles. The molecule has 1 aliphatic rings. The topological polar surface area (TPSA) is 116 Å². The van der Waals surface area contributed by atoms with Crippen LogP contribution in [0.15, 0.2) is 49.1 Å². The van der Waals surface area contributed by atoms with Gasteiger partial charge in [-0.2, -0.15) is 0 Å². The minimum atomic E-state index is -0.104. The van der Waals surface area contributed by atoms with Gasteiger partial charge < -0.3 is 15.8 Å². The highest BCUT2D eigenvalue weighted by molar-refractivity contribution is 5.95. The fourth-order valence-corrected chi connectivity index (χ4v) is 2.79. The molecule has 148 valence electrons. The maximum Gasteiger partial charge on any atom is 0.232 e. The third kappa shape index (κ3) is 5.25. The molecule has 0 bridgehead atoms. The number of Topliss-reactive ketones (excluding diaryl/α,β-unsaturated/α-hetero) is 1. The smallest absolute Gasteiger partial charge is 0.232 e. The number of nitrogens with two attached hydrogens (primary N) is 1. The number of aromatic nitrogens is 4. The second-order valence-electron chi connectivity index (χ2n) is 7.04. The Balaban J connectivity index is 1.34. The van der Waals surface area contributed by atoms with Gasteiger partial charge in [-0.25, -0.2) is 15.0 Å². The van der Waals surface area contributed by atoms with Gasteiger partial charge in [-0.3, -0.25) is 9.78 Å². The predicted molar refractivity (Wildman–Crippen MR) is 108 cm³/mol. The van der Waals surface area contributed by atoms with E-state index in [0.29, 0.717) is 36.5 Å². The van der Waals surface area contributed by atoms with Gasteiger partial charge in [0.25, 0.3) is 0 Å². The van der Waals surface area contributed by atoms with Crippen molar-refractivity contribution in [1.82, 2.24) is 19.9 Å². The summed E-state index contributed by atoms with van der Waals surface area (Å²) in [6, 6.07) is 7.37. The Bertz CT molecular complexity index is 988. The summed E-state index contributed by atoms with van der Waals surface area (Å²) < 4.78 is 5.56. The van der Waals surface area contributed by atoms with Crippen molar-refractivity contribution in [1.29, 1.82) is 0 Å². The Morgan fingerprint density at radius 1 is 1.14 bits per heavy atom. The van der Waals surface area contributed by atoms with Gasteiger partial charge in [0.15, 0.2) is 5.78 Å². The number of ether oxygens (including phenoxy) is 1. The van der Waals surface area contributed by atoms with E-state index in [1.165, 1.54) is 25.2 Å². The maximum atomic E-state index is 12.5. The average Bonchev–Trinajstić information content (AvgIpc) is 3.57. The highest BCUT2D eigenvalue weighted by Crippen LogP contribution is 2.29. The molecule has 29 heavy (non-hydrogen) atoms. The van der Waals surface area contributed by atoms with Crippen LogP contribution >= 0.6 is 0 Å². The zero-order chi connectivity index (χ0) is 20.1. The highest BCUT2D eigenvalue weighted by atomic mass is 16.5. The first-order valence-electron chi connectivity index (χ1n) is 9.53. The molecule has 0 aliphatic heterocycles. The van der Waals surface area contributed by atoms with Crippen molar-refractivity contribution in [3.05, 3.63) is 66.0 Å². The molecule has 3 N–H and O–H groups in total. The summed E-state index contributed by atoms with van der Waals surface area (Å²) in [4.78, 5) is 29.3. The van der Waals surface area contributed by atoms with Crippen molar-refractivity contribution in [2.45, 2.75) is 25.8 Å². The van der Waals surface area contributed by atoms with E-state index in [0.717, 1.165) is 16.9 Å². The number of hydrogen-bond acceptors (Lipinski definition) is 8. The van der Waals surface area contributed by atoms with E-state index in [-0.39, 0.29) is 12.2 Å². The maximum absolute atomic E-state index is 12.5. The quantitative estimate of drug-likeness (QED) is 0.536.